The van der Waals surface area contributed by atoms with Crippen molar-refractivity contribution >= 4 is 22.9 Å². The van der Waals surface area contributed by atoms with Gasteiger partial charge in [0.15, 0.2) is 0 Å². The summed E-state index contributed by atoms with van der Waals surface area (Å²) in [6, 6.07) is 1.82. The highest BCUT2D eigenvalue weighted by Gasteiger charge is 2.27. The van der Waals surface area contributed by atoms with Crippen LogP contribution in [-0.2, 0) is 4.74 Å². The molecule has 2 nitrogen and oxygen atoms in total. The van der Waals surface area contributed by atoms with Crippen molar-refractivity contribution in [1.82, 2.24) is 0 Å². The van der Waals surface area contributed by atoms with Gasteiger partial charge >= 0.3 is 0 Å². The van der Waals surface area contributed by atoms with Crippen LogP contribution in [0.2, 0.25) is 5.02 Å². The SMILES string of the molecule is OC(c1sccc1Cl)C1CCOC1. The van der Waals surface area contributed by atoms with Crippen molar-refractivity contribution < 1.29 is 9.84 Å². The number of halogens is 1. The van der Waals surface area contributed by atoms with Crippen LogP contribution in [0.1, 0.15) is 17.4 Å². The fourth-order valence-electron chi connectivity index (χ4n) is 1.53. The molecule has 1 aliphatic rings. The maximum Gasteiger partial charge on any atom is 0.0947 e. The zero-order chi connectivity index (χ0) is 9.26. The van der Waals surface area contributed by atoms with Crippen molar-refractivity contribution in [3.63, 3.8) is 0 Å². The van der Waals surface area contributed by atoms with Crippen molar-refractivity contribution in [2.75, 3.05) is 13.2 Å². The first-order valence-electron chi connectivity index (χ1n) is 4.27. The molecule has 1 saturated heterocycles. The molecule has 2 atom stereocenters. The molecule has 1 N–H and O–H groups in total. The molecule has 0 amide bonds. The molecular weight excluding hydrogens is 208 g/mol. The van der Waals surface area contributed by atoms with Crippen LogP contribution in [0.4, 0.5) is 0 Å². The average molecular weight is 219 g/mol. The number of aliphatic hydroxyl groups excluding tert-OH is 1. The second-order valence-electron chi connectivity index (χ2n) is 3.20. The Hall–Kier alpha value is -0.0900. The summed E-state index contributed by atoms with van der Waals surface area (Å²) in [5.41, 5.74) is 0. The molecule has 2 rings (SSSR count). The number of hydrogen-bond acceptors (Lipinski definition) is 3. The van der Waals surface area contributed by atoms with Crippen LogP contribution in [0, 0.1) is 5.92 Å². The maximum atomic E-state index is 9.94. The smallest absolute Gasteiger partial charge is 0.0947 e. The zero-order valence-corrected chi connectivity index (χ0v) is 8.64. The van der Waals surface area contributed by atoms with E-state index in [0.29, 0.717) is 11.6 Å². The Morgan fingerprint density at radius 2 is 2.54 bits per heavy atom. The molecule has 0 saturated carbocycles. The second-order valence-corrected chi connectivity index (χ2v) is 4.56. The van der Waals surface area contributed by atoms with E-state index in [2.05, 4.69) is 0 Å². The molecule has 1 aromatic rings. The molecule has 1 aromatic heterocycles. The number of ether oxygens (including phenoxy) is 1. The van der Waals surface area contributed by atoms with Crippen molar-refractivity contribution in [1.29, 1.82) is 0 Å². The number of hydrogen-bond donors (Lipinski definition) is 1. The van der Waals surface area contributed by atoms with Gasteiger partial charge < -0.3 is 9.84 Å². The molecule has 0 radical (unpaired) electrons. The van der Waals surface area contributed by atoms with Crippen LogP contribution in [0.5, 0.6) is 0 Å². The lowest BCUT2D eigenvalue weighted by Gasteiger charge is -2.14. The molecule has 0 bridgehead atoms. The van der Waals surface area contributed by atoms with Gasteiger partial charge in [-0.2, -0.15) is 0 Å². The average Bonchev–Trinajstić information content (AvgIpc) is 2.72. The highest BCUT2D eigenvalue weighted by molar-refractivity contribution is 7.10. The highest BCUT2D eigenvalue weighted by atomic mass is 35.5. The third-order valence-corrected chi connectivity index (χ3v) is 3.75. The van der Waals surface area contributed by atoms with Crippen LogP contribution in [0.25, 0.3) is 0 Å². The fourth-order valence-corrected chi connectivity index (χ4v) is 2.78. The Morgan fingerprint density at radius 3 is 3.08 bits per heavy atom. The zero-order valence-electron chi connectivity index (χ0n) is 7.07. The van der Waals surface area contributed by atoms with E-state index in [-0.39, 0.29) is 5.92 Å². The van der Waals surface area contributed by atoms with Crippen LogP contribution in [0.15, 0.2) is 11.4 Å². The van der Waals surface area contributed by atoms with Crippen LogP contribution in [-0.4, -0.2) is 18.3 Å². The topological polar surface area (TPSA) is 29.5 Å². The molecule has 2 unspecified atom stereocenters. The van der Waals surface area contributed by atoms with Gasteiger partial charge in [-0.1, -0.05) is 11.6 Å². The molecule has 2 heterocycles. The van der Waals surface area contributed by atoms with Crippen molar-refractivity contribution in [2.24, 2.45) is 5.92 Å². The van der Waals surface area contributed by atoms with Gasteiger partial charge in [0.05, 0.1) is 22.6 Å². The van der Waals surface area contributed by atoms with Crippen LogP contribution >= 0.6 is 22.9 Å². The molecule has 0 spiro atoms. The lowest BCUT2D eigenvalue weighted by Crippen LogP contribution is -2.11. The molecule has 0 aliphatic carbocycles. The van der Waals surface area contributed by atoms with E-state index in [1.165, 1.54) is 11.3 Å². The normalized spacial score (nSPS) is 24.9. The van der Waals surface area contributed by atoms with Gasteiger partial charge in [-0.3, -0.25) is 0 Å². The molecule has 0 aromatic carbocycles. The first kappa shape index (κ1) is 9.46. The summed E-state index contributed by atoms with van der Waals surface area (Å²) in [5, 5.41) is 12.5. The predicted octanol–water partition coefficient (Wildman–Crippen LogP) is 2.47. The lowest BCUT2D eigenvalue weighted by molar-refractivity contribution is 0.0945. The first-order chi connectivity index (χ1) is 6.29. The summed E-state index contributed by atoms with van der Waals surface area (Å²) in [7, 11) is 0. The highest BCUT2D eigenvalue weighted by Crippen LogP contribution is 2.35. The second kappa shape index (κ2) is 3.96. The van der Waals surface area contributed by atoms with E-state index in [1.54, 1.807) is 0 Å². The largest absolute Gasteiger partial charge is 0.387 e. The van der Waals surface area contributed by atoms with Gasteiger partial charge in [-0.25, -0.2) is 0 Å². The van der Waals surface area contributed by atoms with Gasteiger partial charge in [0, 0.05) is 12.5 Å². The third kappa shape index (κ3) is 1.89. The minimum Gasteiger partial charge on any atom is -0.387 e. The van der Waals surface area contributed by atoms with Gasteiger partial charge in [-0.15, -0.1) is 11.3 Å². The minimum absolute atomic E-state index is 0.219. The van der Waals surface area contributed by atoms with Crippen LogP contribution < -0.4 is 0 Å². The lowest BCUT2D eigenvalue weighted by atomic mass is 10.0. The Balaban J connectivity index is 2.12. The predicted molar refractivity (Wildman–Crippen MR) is 53.2 cm³/mol. The number of aliphatic hydroxyl groups is 1. The number of thiophene rings is 1. The summed E-state index contributed by atoms with van der Waals surface area (Å²) in [6.45, 7) is 1.40. The Labute approximate surface area is 86.1 Å². The summed E-state index contributed by atoms with van der Waals surface area (Å²) < 4.78 is 5.22. The summed E-state index contributed by atoms with van der Waals surface area (Å²) >= 11 is 7.43. The summed E-state index contributed by atoms with van der Waals surface area (Å²) in [4.78, 5) is 0.872. The quantitative estimate of drug-likeness (QED) is 0.827. The molecule has 4 heteroatoms. The van der Waals surface area contributed by atoms with E-state index in [4.69, 9.17) is 16.3 Å². The maximum absolute atomic E-state index is 9.94. The number of rotatable bonds is 2. The molecular formula is C9H11ClO2S. The van der Waals surface area contributed by atoms with Gasteiger partial charge in [0.25, 0.3) is 0 Å². The summed E-state index contributed by atoms with van der Waals surface area (Å²) in [5.74, 6) is 0.219. The first-order valence-corrected chi connectivity index (χ1v) is 5.53. The van der Waals surface area contributed by atoms with E-state index in [0.717, 1.165) is 17.9 Å². The van der Waals surface area contributed by atoms with Crippen molar-refractivity contribution in [2.45, 2.75) is 12.5 Å². The Morgan fingerprint density at radius 1 is 1.69 bits per heavy atom. The monoisotopic (exact) mass is 218 g/mol. The van der Waals surface area contributed by atoms with Gasteiger partial charge in [0.2, 0.25) is 0 Å². The van der Waals surface area contributed by atoms with E-state index < -0.39 is 6.10 Å². The van der Waals surface area contributed by atoms with Crippen LogP contribution in [0.3, 0.4) is 0 Å². The minimum atomic E-state index is -0.449. The standard InChI is InChI=1S/C9H11ClO2S/c10-7-2-4-13-9(7)8(11)6-1-3-12-5-6/h2,4,6,8,11H,1,3,5H2. The summed E-state index contributed by atoms with van der Waals surface area (Å²) in [6.07, 6.45) is 0.477. The van der Waals surface area contributed by atoms with Crippen molar-refractivity contribution in [3.8, 4) is 0 Å². The molecule has 13 heavy (non-hydrogen) atoms. The van der Waals surface area contributed by atoms with E-state index in [1.807, 2.05) is 11.4 Å². The fraction of sp³-hybridized carbons (Fsp3) is 0.556. The van der Waals surface area contributed by atoms with Gasteiger partial charge in [-0.05, 0) is 17.9 Å². The Bertz CT molecular complexity index is 281. The molecule has 1 aliphatic heterocycles. The Kier molecular flexibility index (Phi) is 2.89. The van der Waals surface area contributed by atoms with E-state index in [9.17, 15) is 5.11 Å². The molecule has 72 valence electrons. The van der Waals surface area contributed by atoms with Crippen molar-refractivity contribution in [3.05, 3.63) is 21.3 Å². The van der Waals surface area contributed by atoms with E-state index >= 15 is 0 Å². The van der Waals surface area contributed by atoms with Gasteiger partial charge in [0.1, 0.15) is 0 Å². The third-order valence-electron chi connectivity index (χ3n) is 2.32. The molecule has 1 fully saturated rings.